The lowest BCUT2D eigenvalue weighted by Gasteiger charge is -2.37. The molecule has 8 rings (SSSR count). The van der Waals surface area contributed by atoms with Crippen LogP contribution in [0.5, 0.6) is 17.2 Å². The van der Waals surface area contributed by atoms with Crippen LogP contribution in [0, 0.1) is 17.1 Å². The Balaban J connectivity index is 0.987. The zero-order valence-electron chi connectivity index (χ0n) is 32.3. The van der Waals surface area contributed by atoms with E-state index < -0.39 is 41.8 Å². The molecular weight excluding hydrogens is 820 g/mol. The number of rotatable bonds is 11. The Hall–Kier alpha value is -6.87. The second-order valence-electron chi connectivity index (χ2n) is 14.7. The van der Waals surface area contributed by atoms with Crippen molar-refractivity contribution in [2.24, 2.45) is 0 Å². The average molecular weight is 857 g/mol. The van der Waals surface area contributed by atoms with Gasteiger partial charge in [0, 0.05) is 19.4 Å². The molecule has 0 spiro atoms. The Kier molecular flexibility index (Phi) is 11.9. The molecule has 6 aromatic rings. The lowest BCUT2D eigenvalue weighted by molar-refractivity contribution is -0.142. The van der Waals surface area contributed by atoms with Crippen LogP contribution in [0.2, 0.25) is 10.0 Å². The fourth-order valence-corrected chi connectivity index (χ4v) is 7.72. The van der Waals surface area contributed by atoms with E-state index in [1.807, 2.05) is 54.6 Å². The summed E-state index contributed by atoms with van der Waals surface area (Å²) < 4.78 is 33.6. The molecule has 2 amide bonds. The molecule has 2 aliphatic rings. The molecule has 10 nitrogen and oxygen atoms in total. The van der Waals surface area contributed by atoms with Gasteiger partial charge in [-0.05, 0) is 99.6 Å². The summed E-state index contributed by atoms with van der Waals surface area (Å²) in [5.41, 5.74) is 5.81. The van der Waals surface area contributed by atoms with Crippen LogP contribution < -0.4 is 19.5 Å². The van der Waals surface area contributed by atoms with Gasteiger partial charge in [-0.15, -0.1) is 0 Å². The number of aliphatic carboxylic acids is 1. The molecule has 1 unspecified atom stereocenters. The number of carbonyl (C=O) groups excluding carboxylic acids is 2. The number of fused-ring (bicyclic) bond motifs is 2. The van der Waals surface area contributed by atoms with Crippen LogP contribution in [0.1, 0.15) is 49.8 Å². The lowest BCUT2D eigenvalue weighted by atomic mass is 9.91. The van der Waals surface area contributed by atoms with E-state index in [0.29, 0.717) is 56.2 Å². The summed E-state index contributed by atoms with van der Waals surface area (Å²) in [6, 6.07) is 35.7. The largest absolute Gasteiger partial charge is 0.489 e. The minimum atomic E-state index is -1.33. The van der Waals surface area contributed by atoms with Crippen molar-refractivity contribution >= 4 is 41.0 Å². The summed E-state index contributed by atoms with van der Waals surface area (Å²) in [4.78, 5) is 42.0. The highest BCUT2D eigenvalue weighted by atomic mass is 35.5. The molecule has 306 valence electrons. The monoisotopic (exact) mass is 855 g/mol. The standard InChI is InChI=1S/C48H36Cl2FN3O7/c49-38-18-9-30(19-39(38)50)26-59-36-16-14-33(15-17-36)45-27-60-43-22-34-21-42(54(25-35(34)23-44(43)61-45)47(56)37-3-1-2-4-40(37)51)46(55)53-41(48(57)58)20-28-5-10-31(11-6-28)32-12-7-29(24-52)8-13-32/h1-19,22-23,41-42,45H,20-21,25-27H2,(H,53,55)(H,57,58)/t41-,42-,45?/m0/s1. The molecule has 0 saturated carbocycles. The number of carboxylic acid groups (broad SMARTS) is 1. The molecule has 0 fully saturated rings. The summed E-state index contributed by atoms with van der Waals surface area (Å²) in [6.45, 7) is 0.418. The number of carboxylic acids is 1. The van der Waals surface area contributed by atoms with Crippen molar-refractivity contribution in [3.63, 3.8) is 0 Å². The summed E-state index contributed by atoms with van der Waals surface area (Å²) >= 11 is 12.2. The van der Waals surface area contributed by atoms with Gasteiger partial charge in [-0.1, -0.05) is 89.9 Å². The number of nitriles is 1. The van der Waals surface area contributed by atoms with Gasteiger partial charge in [0.25, 0.3) is 5.91 Å². The first-order valence-electron chi connectivity index (χ1n) is 19.3. The smallest absolute Gasteiger partial charge is 0.326 e. The maximum absolute atomic E-state index is 15.1. The predicted molar refractivity (Wildman–Crippen MR) is 226 cm³/mol. The molecule has 3 atom stereocenters. The molecule has 0 aliphatic carbocycles. The maximum Gasteiger partial charge on any atom is 0.326 e. The highest BCUT2D eigenvalue weighted by Crippen LogP contribution is 2.41. The number of nitrogens with zero attached hydrogens (tertiary/aromatic N) is 2. The molecule has 2 N–H and O–H groups in total. The Morgan fingerprint density at radius 3 is 2.23 bits per heavy atom. The molecular formula is C48H36Cl2FN3O7. The number of ether oxygens (including phenoxy) is 3. The molecule has 2 heterocycles. The lowest BCUT2D eigenvalue weighted by Crippen LogP contribution is -2.56. The number of amides is 2. The molecule has 0 saturated heterocycles. The van der Waals surface area contributed by atoms with Gasteiger partial charge in [0.15, 0.2) is 17.6 Å². The van der Waals surface area contributed by atoms with E-state index in [2.05, 4.69) is 11.4 Å². The quantitative estimate of drug-likeness (QED) is 0.132. The van der Waals surface area contributed by atoms with Crippen molar-refractivity contribution in [3.8, 4) is 34.4 Å². The van der Waals surface area contributed by atoms with Crippen molar-refractivity contribution in [3.05, 3.63) is 182 Å². The number of halogens is 3. The molecule has 13 heteroatoms. The normalized spacial score (nSPS) is 15.8. The van der Waals surface area contributed by atoms with Crippen LogP contribution >= 0.6 is 23.2 Å². The van der Waals surface area contributed by atoms with E-state index in [1.54, 1.807) is 48.5 Å². The summed E-state index contributed by atoms with van der Waals surface area (Å²) in [7, 11) is 0. The third kappa shape index (κ3) is 9.16. The first kappa shape index (κ1) is 40.9. The first-order chi connectivity index (χ1) is 29.5. The average Bonchev–Trinajstić information content (AvgIpc) is 3.28. The Morgan fingerprint density at radius 1 is 0.852 bits per heavy atom. The van der Waals surface area contributed by atoms with Crippen molar-refractivity contribution < 1.29 is 38.1 Å². The highest BCUT2D eigenvalue weighted by Gasteiger charge is 2.39. The van der Waals surface area contributed by atoms with Crippen molar-refractivity contribution in [2.75, 3.05) is 6.61 Å². The predicted octanol–water partition coefficient (Wildman–Crippen LogP) is 9.14. The second kappa shape index (κ2) is 17.8. The van der Waals surface area contributed by atoms with Crippen molar-refractivity contribution in [1.29, 1.82) is 5.26 Å². The van der Waals surface area contributed by atoms with Crippen molar-refractivity contribution in [2.45, 2.75) is 44.2 Å². The molecule has 0 bridgehead atoms. The fraction of sp³-hybridized carbons (Fsp3) is 0.167. The molecule has 2 aliphatic heterocycles. The van der Waals surface area contributed by atoms with Crippen LogP contribution in [0.3, 0.4) is 0 Å². The number of benzene rings is 6. The van der Waals surface area contributed by atoms with Gasteiger partial charge in [-0.25, -0.2) is 9.18 Å². The van der Waals surface area contributed by atoms with E-state index in [1.165, 1.54) is 29.2 Å². The van der Waals surface area contributed by atoms with E-state index in [0.717, 1.165) is 22.3 Å². The minimum absolute atomic E-state index is 0.0107. The van der Waals surface area contributed by atoms with Gasteiger partial charge < -0.3 is 29.5 Å². The van der Waals surface area contributed by atoms with Gasteiger partial charge in [0.05, 0.1) is 27.2 Å². The van der Waals surface area contributed by atoms with Gasteiger partial charge >= 0.3 is 5.97 Å². The number of nitrogens with one attached hydrogen (secondary N) is 1. The van der Waals surface area contributed by atoms with Gasteiger partial charge in [-0.3, -0.25) is 9.59 Å². The topological polar surface area (TPSA) is 138 Å². The maximum atomic E-state index is 15.1. The van der Waals surface area contributed by atoms with Crippen LogP contribution in [0.4, 0.5) is 4.39 Å². The number of carbonyl (C=O) groups is 3. The first-order valence-corrected chi connectivity index (χ1v) is 20.1. The van der Waals surface area contributed by atoms with Gasteiger partial charge in [0.2, 0.25) is 5.91 Å². The number of hydrogen-bond acceptors (Lipinski definition) is 7. The molecule has 0 radical (unpaired) electrons. The summed E-state index contributed by atoms with van der Waals surface area (Å²) in [6.07, 6.45) is -0.488. The molecule has 0 aromatic heterocycles. The van der Waals surface area contributed by atoms with Gasteiger partial charge in [-0.2, -0.15) is 5.26 Å². The third-order valence-corrected chi connectivity index (χ3v) is 11.5. The highest BCUT2D eigenvalue weighted by molar-refractivity contribution is 6.42. The van der Waals surface area contributed by atoms with E-state index in [9.17, 15) is 19.5 Å². The van der Waals surface area contributed by atoms with Crippen LogP contribution in [0.25, 0.3) is 11.1 Å². The second-order valence-corrected chi connectivity index (χ2v) is 15.5. The van der Waals surface area contributed by atoms with E-state index in [4.69, 9.17) is 42.7 Å². The number of hydrogen-bond donors (Lipinski definition) is 2. The SMILES string of the molecule is N#Cc1ccc(-c2ccc(C[C@H](NC(=O)[C@@H]3Cc4cc5c(cc4CN3C(=O)c3ccccc3F)OC(c3ccc(OCc4ccc(Cl)c(Cl)c4)cc3)CO5)C(=O)O)cc2)cc1. The molecule has 61 heavy (non-hydrogen) atoms. The Bertz CT molecular complexity index is 2670. The van der Waals surface area contributed by atoms with Crippen LogP contribution in [-0.4, -0.2) is 46.5 Å². The van der Waals surface area contributed by atoms with Gasteiger partial charge in [0.1, 0.15) is 36.9 Å². The van der Waals surface area contributed by atoms with E-state index in [-0.39, 0.29) is 31.6 Å². The van der Waals surface area contributed by atoms with Crippen LogP contribution in [0.15, 0.2) is 127 Å². The van der Waals surface area contributed by atoms with Crippen LogP contribution in [-0.2, 0) is 35.6 Å². The van der Waals surface area contributed by atoms with Crippen molar-refractivity contribution in [1.82, 2.24) is 10.2 Å². The Morgan fingerprint density at radius 2 is 1.54 bits per heavy atom. The molecule has 6 aromatic carbocycles. The zero-order chi connectivity index (χ0) is 42.6. The summed E-state index contributed by atoms with van der Waals surface area (Å²) in [5.74, 6) is -1.89. The third-order valence-electron chi connectivity index (χ3n) is 10.7. The fourth-order valence-electron chi connectivity index (χ4n) is 7.40. The van der Waals surface area contributed by atoms with E-state index >= 15 is 4.39 Å². The zero-order valence-corrected chi connectivity index (χ0v) is 33.8. The summed E-state index contributed by atoms with van der Waals surface area (Å²) in [5, 5.41) is 22.9. The minimum Gasteiger partial charge on any atom is -0.489 e. The Labute approximate surface area is 360 Å².